The first kappa shape index (κ1) is 13.6. The molecule has 2 unspecified atom stereocenters. The molecule has 1 heterocycles. The summed E-state index contributed by atoms with van der Waals surface area (Å²) in [4.78, 5) is 2.32. The summed E-state index contributed by atoms with van der Waals surface area (Å²) in [5.74, 6) is 0. The van der Waals surface area contributed by atoms with Crippen LogP contribution in [0.25, 0.3) is 10.8 Å². The zero-order chi connectivity index (χ0) is 13.9. The highest BCUT2D eigenvalue weighted by Crippen LogP contribution is 2.25. The zero-order valence-electron chi connectivity index (χ0n) is 11.8. The predicted octanol–water partition coefficient (Wildman–Crippen LogP) is 2.59. The number of aliphatic hydroxyl groups is 1. The molecule has 0 aliphatic carbocycles. The summed E-state index contributed by atoms with van der Waals surface area (Å²) >= 11 is 0. The minimum Gasteiger partial charge on any atom is -0.386 e. The Morgan fingerprint density at radius 3 is 2.85 bits per heavy atom. The molecule has 1 aliphatic heterocycles. The molecule has 2 atom stereocenters. The van der Waals surface area contributed by atoms with E-state index >= 15 is 0 Å². The summed E-state index contributed by atoms with van der Waals surface area (Å²) in [6, 6.07) is 14.3. The lowest BCUT2D eigenvalue weighted by Crippen LogP contribution is -2.44. The Morgan fingerprint density at radius 2 is 2.05 bits per heavy atom. The fourth-order valence-corrected chi connectivity index (χ4v) is 2.82. The zero-order valence-corrected chi connectivity index (χ0v) is 11.8. The SMILES string of the molecule is CCN1CCOC(C(O)c2ccc3ccccc3c2)C1. The van der Waals surface area contributed by atoms with Crippen molar-refractivity contribution in [3.8, 4) is 0 Å². The van der Waals surface area contributed by atoms with Crippen molar-refractivity contribution in [3.05, 3.63) is 48.0 Å². The van der Waals surface area contributed by atoms with Gasteiger partial charge in [-0.3, -0.25) is 4.90 Å². The van der Waals surface area contributed by atoms with Gasteiger partial charge in [0.1, 0.15) is 12.2 Å². The topological polar surface area (TPSA) is 32.7 Å². The van der Waals surface area contributed by atoms with Gasteiger partial charge in [-0.05, 0) is 28.9 Å². The van der Waals surface area contributed by atoms with Crippen molar-refractivity contribution in [3.63, 3.8) is 0 Å². The second-order valence-corrected chi connectivity index (χ2v) is 5.35. The number of fused-ring (bicyclic) bond motifs is 1. The van der Waals surface area contributed by atoms with Crippen LogP contribution in [0.15, 0.2) is 42.5 Å². The molecular formula is C17H21NO2. The Labute approximate surface area is 119 Å². The van der Waals surface area contributed by atoms with E-state index in [1.807, 2.05) is 18.2 Å². The lowest BCUT2D eigenvalue weighted by atomic mass is 9.99. The van der Waals surface area contributed by atoms with E-state index in [2.05, 4.69) is 36.1 Å². The smallest absolute Gasteiger partial charge is 0.106 e. The Balaban J connectivity index is 1.82. The molecule has 1 saturated heterocycles. The molecular weight excluding hydrogens is 250 g/mol. The van der Waals surface area contributed by atoms with Crippen molar-refractivity contribution >= 4 is 10.8 Å². The van der Waals surface area contributed by atoms with Crippen LogP contribution in [0.2, 0.25) is 0 Å². The van der Waals surface area contributed by atoms with Crippen LogP contribution in [0, 0.1) is 0 Å². The fraction of sp³-hybridized carbons (Fsp3) is 0.412. The first-order chi connectivity index (χ1) is 9.78. The molecule has 0 aromatic heterocycles. The molecule has 2 aromatic carbocycles. The number of nitrogens with zero attached hydrogens (tertiary/aromatic N) is 1. The number of rotatable bonds is 3. The molecule has 1 N–H and O–H groups in total. The fourth-order valence-electron chi connectivity index (χ4n) is 2.82. The average Bonchev–Trinajstić information content (AvgIpc) is 2.53. The second kappa shape index (κ2) is 5.92. The van der Waals surface area contributed by atoms with Crippen LogP contribution in [-0.4, -0.2) is 42.4 Å². The molecule has 20 heavy (non-hydrogen) atoms. The van der Waals surface area contributed by atoms with Crippen molar-refractivity contribution < 1.29 is 9.84 Å². The van der Waals surface area contributed by atoms with Crippen LogP contribution in [0.4, 0.5) is 0 Å². The van der Waals surface area contributed by atoms with Crippen molar-refractivity contribution in [2.75, 3.05) is 26.2 Å². The van der Waals surface area contributed by atoms with Crippen LogP contribution >= 0.6 is 0 Å². The lowest BCUT2D eigenvalue weighted by Gasteiger charge is -2.34. The number of hydrogen-bond acceptors (Lipinski definition) is 3. The molecule has 0 radical (unpaired) electrons. The number of benzene rings is 2. The molecule has 0 bridgehead atoms. The predicted molar refractivity (Wildman–Crippen MR) is 80.8 cm³/mol. The van der Waals surface area contributed by atoms with Gasteiger partial charge in [-0.25, -0.2) is 0 Å². The molecule has 0 spiro atoms. The van der Waals surface area contributed by atoms with E-state index in [4.69, 9.17) is 4.74 Å². The normalized spacial score (nSPS) is 22.0. The largest absolute Gasteiger partial charge is 0.386 e. The van der Waals surface area contributed by atoms with Gasteiger partial charge in [0.25, 0.3) is 0 Å². The van der Waals surface area contributed by atoms with Gasteiger partial charge in [0, 0.05) is 13.1 Å². The van der Waals surface area contributed by atoms with Gasteiger partial charge >= 0.3 is 0 Å². The minimum atomic E-state index is -0.561. The van der Waals surface area contributed by atoms with Gasteiger partial charge in [0.15, 0.2) is 0 Å². The van der Waals surface area contributed by atoms with Gasteiger partial charge in [0.2, 0.25) is 0 Å². The summed E-state index contributed by atoms with van der Waals surface area (Å²) < 4.78 is 5.75. The van der Waals surface area contributed by atoms with Crippen LogP contribution < -0.4 is 0 Å². The van der Waals surface area contributed by atoms with Crippen molar-refractivity contribution in [2.24, 2.45) is 0 Å². The van der Waals surface area contributed by atoms with E-state index in [1.165, 1.54) is 5.39 Å². The minimum absolute atomic E-state index is 0.134. The van der Waals surface area contributed by atoms with E-state index in [-0.39, 0.29) is 6.10 Å². The van der Waals surface area contributed by atoms with E-state index in [0.717, 1.165) is 30.6 Å². The highest BCUT2D eigenvalue weighted by molar-refractivity contribution is 5.83. The van der Waals surface area contributed by atoms with Crippen molar-refractivity contribution in [1.82, 2.24) is 4.90 Å². The first-order valence-corrected chi connectivity index (χ1v) is 7.28. The van der Waals surface area contributed by atoms with Gasteiger partial charge in [-0.2, -0.15) is 0 Å². The van der Waals surface area contributed by atoms with E-state index in [0.29, 0.717) is 6.61 Å². The molecule has 0 saturated carbocycles. The maximum atomic E-state index is 10.6. The lowest BCUT2D eigenvalue weighted by molar-refractivity contribution is -0.0888. The number of likely N-dealkylation sites (N-methyl/N-ethyl adjacent to an activating group) is 1. The Morgan fingerprint density at radius 1 is 1.25 bits per heavy atom. The summed E-state index contributed by atoms with van der Waals surface area (Å²) in [5.41, 5.74) is 0.937. The third-order valence-electron chi connectivity index (χ3n) is 4.09. The van der Waals surface area contributed by atoms with Crippen LogP contribution in [0.1, 0.15) is 18.6 Å². The van der Waals surface area contributed by atoms with Gasteiger partial charge in [0.05, 0.1) is 6.61 Å². The molecule has 1 fully saturated rings. The van der Waals surface area contributed by atoms with Gasteiger partial charge in [-0.1, -0.05) is 43.3 Å². The van der Waals surface area contributed by atoms with E-state index in [9.17, 15) is 5.11 Å². The first-order valence-electron chi connectivity index (χ1n) is 7.28. The van der Waals surface area contributed by atoms with Gasteiger partial charge < -0.3 is 9.84 Å². The summed E-state index contributed by atoms with van der Waals surface area (Å²) in [7, 11) is 0. The monoisotopic (exact) mass is 271 g/mol. The third-order valence-corrected chi connectivity index (χ3v) is 4.09. The summed E-state index contributed by atoms with van der Waals surface area (Å²) in [6.07, 6.45) is -0.696. The molecule has 0 amide bonds. The standard InChI is InChI=1S/C17H21NO2/c1-2-18-9-10-20-16(12-18)17(19)15-8-7-13-5-3-4-6-14(13)11-15/h3-8,11,16-17,19H,2,9-10,12H2,1H3. The van der Waals surface area contributed by atoms with Crippen LogP contribution in [0.5, 0.6) is 0 Å². The van der Waals surface area contributed by atoms with Gasteiger partial charge in [-0.15, -0.1) is 0 Å². The van der Waals surface area contributed by atoms with Crippen molar-refractivity contribution in [2.45, 2.75) is 19.1 Å². The third kappa shape index (κ3) is 2.70. The molecule has 3 heteroatoms. The molecule has 2 aromatic rings. The maximum absolute atomic E-state index is 10.6. The Kier molecular flexibility index (Phi) is 4.01. The van der Waals surface area contributed by atoms with E-state index < -0.39 is 6.10 Å². The summed E-state index contributed by atoms with van der Waals surface area (Å²) in [5, 5.41) is 12.9. The molecule has 106 valence electrons. The quantitative estimate of drug-likeness (QED) is 0.931. The molecule has 1 aliphatic rings. The highest BCUT2D eigenvalue weighted by Gasteiger charge is 2.27. The van der Waals surface area contributed by atoms with E-state index in [1.54, 1.807) is 0 Å². The molecule has 3 nitrogen and oxygen atoms in total. The second-order valence-electron chi connectivity index (χ2n) is 5.35. The Bertz CT molecular complexity index is 584. The number of ether oxygens (including phenoxy) is 1. The van der Waals surface area contributed by atoms with Crippen LogP contribution in [0.3, 0.4) is 0 Å². The summed E-state index contributed by atoms with van der Waals surface area (Å²) in [6.45, 7) is 5.60. The van der Waals surface area contributed by atoms with Crippen molar-refractivity contribution in [1.29, 1.82) is 0 Å². The number of morpholine rings is 1. The number of aliphatic hydroxyl groups excluding tert-OH is 1. The molecule has 3 rings (SSSR count). The average molecular weight is 271 g/mol. The maximum Gasteiger partial charge on any atom is 0.106 e. The Hall–Kier alpha value is -1.42. The highest BCUT2D eigenvalue weighted by atomic mass is 16.5. The number of hydrogen-bond donors (Lipinski definition) is 1. The van der Waals surface area contributed by atoms with Crippen LogP contribution in [-0.2, 0) is 4.74 Å².